The van der Waals surface area contributed by atoms with Crippen molar-refractivity contribution in [1.29, 1.82) is 0 Å². The van der Waals surface area contributed by atoms with Crippen molar-refractivity contribution >= 4 is 17.2 Å². The Morgan fingerprint density at radius 1 is 1.22 bits per heavy atom. The number of nitrogens with one attached hydrogen (secondary N) is 1. The van der Waals surface area contributed by atoms with Gasteiger partial charge >= 0.3 is 0 Å². The molecule has 1 amide bonds. The second-order valence-electron chi connectivity index (χ2n) is 4.64. The molecular weight excluding hydrogens is 222 g/mol. The molecule has 0 fully saturated rings. The number of unbranched alkanes of at least 4 members (excludes halogenated alkanes) is 3. The van der Waals surface area contributed by atoms with Crippen LogP contribution in [0.4, 0.5) is 5.69 Å². The molecule has 0 spiro atoms. The zero-order chi connectivity index (χ0) is 13.4. The lowest BCUT2D eigenvalue weighted by atomic mass is 9.99. The first kappa shape index (κ1) is 14.5. The van der Waals surface area contributed by atoms with Crippen LogP contribution in [-0.2, 0) is 4.79 Å². The monoisotopic (exact) mass is 245 g/mol. The summed E-state index contributed by atoms with van der Waals surface area (Å²) in [4.78, 5) is 11.1. The van der Waals surface area contributed by atoms with E-state index in [0.29, 0.717) is 0 Å². The van der Waals surface area contributed by atoms with Crippen LogP contribution in [0.5, 0.6) is 0 Å². The number of para-hydroxylation sites is 1. The summed E-state index contributed by atoms with van der Waals surface area (Å²) >= 11 is 0. The fraction of sp³-hybridized carbons (Fsp3) is 0.438. The van der Waals surface area contributed by atoms with E-state index in [1.54, 1.807) is 0 Å². The summed E-state index contributed by atoms with van der Waals surface area (Å²) in [6, 6.07) is 7.86. The van der Waals surface area contributed by atoms with Crippen LogP contribution in [0.15, 0.2) is 30.8 Å². The van der Waals surface area contributed by atoms with Crippen molar-refractivity contribution in [3.63, 3.8) is 0 Å². The Labute approximate surface area is 110 Å². The van der Waals surface area contributed by atoms with Crippen LogP contribution >= 0.6 is 0 Å². The number of carbonyl (C=O) groups is 1. The number of hydrogen-bond donors (Lipinski definition) is 1. The Balaban J connectivity index is 2.63. The molecule has 1 rings (SSSR count). The van der Waals surface area contributed by atoms with Crippen LogP contribution in [0.2, 0.25) is 0 Å². The minimum Gasteiger partial charge on any atom is -0.326 e. The molecule has 0 aliphatic carbocycles. The zero-order valence-electron chi connectivity index (χ0n) is 11.5. The molecule has 0 bridgehead atoms. The Kier molecular flexibility index (Phi) is 6.20. The van der Waals surface area contributed by atoms with E-state index >= 15 is 0 Å². The summed E-state index contributed by atoms with van der Waals surface area (Å²) in [6.45, 7) is 7.88. The summed E-state index contributed by atoms with van der Waals surface area (Å²) in [7, 11) is 0. The zero-order valence-corrected chi connectivity index (χ0v) is 11.5. The highest BCUT2D eigenvalue weighted by atomic mass is 16.1. The molecule has 0 saturated heterocycles. The van der Waals surface area contributed by atoms with Crippen LogP contribution in [0.1, 0.15) is 51.5 Å². The summed E-state index contributed by atoms with van der Waals surface area (Å²) in [6.07, 6.45) is 5.94. The lowest BCUT2D eigenvalue weighted by molar-refractivity contribution is -0.114. The van der Waals surface area contributed by atoms with E-state index < -0.39 is 0 Å². The maximum absolute atomic E-state index is 11.1. The molecule has 2 heteroatoms. The second-order valence-corrected chi connectivity index (χ2v) is 4.64. The van der Waals surface area contributed by atoms with Crippen molar-refractivity contribution in [2.75, 3.05) is 5.32 Å². The average molecular weight is 245 g/mol. The van der Waals surface area contributed by atoms with E-state index in [2.05, 4.69) is 18.8 Å². The minimum atomic E-state index is -0.0405. The van der Waals surface area contributed by atoms with Crippen LogP contribution in [0, 0.1) is 0 Å². The fourth-order valence-electron chi connectivity index (χ4n) is 1.99. The Morgan fingerprint density at radius 2 is 1.94 bits per heavy atom. The van der Waals surface area contributed by atoms with Crippen molar-refractivity contribution in [1.82, 2.24) is 0 Å². The molecule has 1 aromatic carbocycles. The van der Waals surface area contributed by atoms with E-state index in [4.69, 9.17) is 0 Å². The molecule has 0 aliphatic heterocycles. The maximum atomic E-state index is 11.1. The molecule has 0 saturated carbocycles. The highest BCUT2D eigenvalue weighted by Crippen LogP contribution is 2.26. The van der Waals surface area contributed by atoms with Crippen LogP contribution in [-0.4, -0.2) is 5.91 Å². The second kappa shape index (κ2) is 7.70. The molecule has 0 heterocycles. The largest absolute Gasteiger partial charge is 0.326 e. The van der Waals surface area contributed by atoms with Gasteiger partial charge in [-0.2, -0.15) is 0 Å². The first-order valence-corrected chi connectivity index (χ1v) is 6.70. The number of allylic oxidation sites excluding steroid dienone is 1. The van der Waals surface area contributed by atoms with E-state index in [1.165, 1.54) is 32.6 Å². The SMILES string of the molecule is C=C(CCCCCC)c1ccccc1NC(C)=O. The number of hydrogen-bond acceptors (Lipinski definition) is 1. The minimum absolute atomic E-state index is 0.0405. The quantitative estimate of drug-likeness (QED) is 0.697. The van der Waals surface area contributed by atoms with Crippen molar-refractivity contribution in [2.45, 2.75) is 46.0 Å². The maximum Gasteiger partial charge on any atom is 0.221 e. The number of anilines is 1. The smallest absolute Gasteiger partial charge is 0.221 e. The average Bonchev–Trinajstić information content (AvgIpc) is 2.34. The molecule has 1 N–H and O–H groups in total. The third-order valence-electron chi connectivity index (χ3n) is 2.95. The summed E-state index contributed by atoms with van der Waals surface area (Å²) in [5.74, 6) is -0.0405. The Hall–Kier alpha value is -1.57. The molecule has 0 atom stereocenters. The number of rotatable bonds is 7. The predicted molar refractivity (Wildman–Crippen MR) is 78.5 cm³/mol. The van der Waals surface area contributed by atoms with Crippen LogP contribution in [0.3, 0.4) is 0 Å². The van der Waals surface area contributed by atoms with Gasteiger partial charge in [0, 0.05) is 18.2 Å². The lowest BCUT2D eigenvalue weighted by Crippen LogP contribution is -2.07. The third-order valence-corrected chi connectivity index (χ3v) is 2.95. The molecule has 98 valence electrons. The van der Waals surface area contributed by atoms with E-state index in [9.17, 15) is 4.79 Å². The van der Waals surface area contributed by atoms with Gasteiger partial charge in [0.15, 0.2) is 0 Å². The third kappa shape index (κ3) is 4.74. The van der Waals surface area contributed by atoms with E-state index in [1.807, 2.05) is 24.3 Å². The molecule has 18 heavy (non-hydrogen) atoms. The van der Waals surface area contributed by atoms with Gasteiger partial charge in [0.2, 0.25) is 5.91 Å². The number of benzene rings is 1. The van der Waals surface area contributed by atoms with Crippen LogP contribution < -0.4 is 5.32 Å². The van der Waals surface area contributed by atoms with Gasteiger partial charge in [-0.15, -0.1) is 0 Å². The van der Waals surface area contributed by atoms with E-state index in [-0.39, 0.29) is 5.91 Å². The predicted octanol–water partition coefficient (Wildman–Crippen LogP) is 4.63. The van der Waals surface area contributed by atoms with Gasteiger partial charge < -0.3 is 5.32 Å². The normalized spacial score (nSPS) is 10.1. The molecule has 0 aliphatic rings. The molecule has 1 aromatic rings. The van der Waals surface area contributed by atoms with Gasteiger partial charge in [-0.25, -0.2) is 0 Å². The summed E-state index contributed by atoms with van der Waals surface area (Å²) < 4.78 is 0. The lowest BCUT2D eigenvalue weighted by Gasteiger charge is -2.12. The first-order valence-electron chi connectivity index (χ1n) is 6.70. The molecule has 2 nitrogen and oxygen atoms in total. The van der Waals surface area contributed by atoms with Crippen molar-refractivity contribution in [3.8, 4) is 0 Å². The van der Waals surface area contributed by atoms with Gasteiger partial charge in [0.1, 0.15) is 0 Å². The van der Waals surface area contributed by atoms with Gasteiger partial charge in [-0.3, -0.25) is 4.79 Å². The molecular formula is C16H23NO. The Bertz CT molecular complexity index is 409. The molecule has 0 radical (unpaired) electrons. The van der Waals surface area contributed by atoms with Gasteiger partial charge in [-0.1, -0.05) is 51.0 Å². The van der Waals surface area contributed by atoms with Gasteiger partial charge in [-0.05, 0) is 24.5 Å². The number of amides is 1. The Morgan fingerprint density at radius 3 is 2.61 bits per heavy atom. The molecule has 0 aromatic heterocycles. The van der Waals surface area contributed by atoms with Crippen LogP contribution in [0.25, 0.3) is 5.57 Å². The molecule has 0 unspecified atom stereocenters. The summed E-state index contributed by atoms with van der Waals surface area (Å²) in [5, 5.41) is 2.86. The topological polar surface area (TPSA) is 29.1 Å². The fourth-order valence-corrected chi connectivity index (χ4v) is 1.99. The van der Waals surface area contributed by atoms with Crippen molar-refractivity contribution < 1.29 is 4.79 Å². The van der Waals surface area contributed by atoms with E-state index in [0.717, 1.165) is 23.2 Å². The van der Waals surface area contributed by atoms with Gasteiger partial charge in [0.05, 0.1) is 0 Å². The highest BCUT2D eigenvalue weighted by Gasteiger charge is 2.06. The standard InChI is InChI=1S/C16H23NO/c1-4-5-6-7-10-13(2)15-11-8-9-12-16(15)17-14(3)18/h8-9,11-12H,2,4-7,10H2,1,3H3,(H,17,18). The highest BCUT2D eigenvalue weighted by molar-refractivity contribution is 5.92. The van der Waals surface area contributed by atoms with Gasteiger partial charge in [0.25, 0.3) is 0 Å². The first-order chi connectivity index (χ1) is 8.65. The summed E-state index contributed by atoms with van der Waals surface area (Å²) in [5.41, 5.74) is 3.03. The number of carbonyl (C=O) groups excluding carboxylic acids is 1. The van der Waals surface area contributed by atoms with Crippen molar-refractivity contribution in [3.05, 3.63) is 36.4 Å². The van der Waals surface area contributed by atoms with Crippen molar-refractivity contribution in [2.24, 2.45) is 0 Å².